The number of hydrogen-bond acceptors (Lipinski definition) is 3. The van der Waals surface area contributed by atoms with Crippen molar-refractivity contribution in [3.63, 3.8) is 0 Å². The second-order valence-electron chi connectivity index (χ2n) is 5.28. The van der Waals surface area contributed by atoms with E-state index < -0.39 is 10.0 Å². The van der Waals surface area contributed by atoms with Crippen molar-refractivity contribution in [3.8, 4) is 0 Å². The van der Waals surface area contributed by atoms with E-state index in [-0.39, 0.29) is 10.7 Å². The van der Waals surface area contributed by atoms with Gasteiger partial charge in [-0.1, -0.05) is 57.6 Å². The fourth-order valence-corrected chi connectivity index (χ4v) is 3.82. The minimum absolute atomic E-state index is 0.0201. The molecule has 0 heterocycles. The average Bonchev–Trinajstić information content (AvgIpc) is 2.43. The zero-order chi connectivity index (χ0) is 16.0. The van der Waals surface area contributed by atoms with Crippen molar-refractivity contribution >= 4 is 27.2 Å². The van der Waals surface area contributed by atoms with Crippen LogP contribution < -0.4 is 5.73 Å². The first-order valence-electron chi connectivity index (χ1n) is 7.16. The third-order valence-electron chi connectivity index (χ3n) is 3.52. The van der Waals surface area contributed by atoms with Crippen LogP contribution in [0.5, 0.6) is 0 Å². The number of hydrogen-bond donors (Lipinski definition) is 1. The minimum Gasteiger partial charge on any atom is -0.389 e. The maximum Gasteiger partial charge on any atom is 0.218 e. The van der Waals surface area contributed by atoms with Crippen molar-refractivity contribution in [2.45, 2.75) is 32.9 Å². The summed E-state index contributed by atoms with van der Waals surface area (Å²) in [5, 5.41) is 0. The number of nitrogens with two attached hydrogens (primary N) is 1. The van der Waals surface area contributed by atoms with E-state index in [2.05, 4.69) is 13.8 Å². The van der Waals surface area contributed by atoms with Crippen LogP contribution in [0.1, 0.15) is 38.3 Å². The Balaban J connectivity index is 2.92. The summed E-state index contributed by atoms with van der Waals surface area (Å²) in [6, 6.07) is 7.10. The summed E-state index contributed by atoms with van der Waals surface area (Å²) in [5.41, 5.74) is 7.00. The Kier molecular flexibility index (Phi) is 6.77. The summed E-state index contributed by atoms with van der Waals surface area (Å²) in [7, 11) is -3.32. The third-order valence-corrected chi connectivity index (χ3v) is 5.65. The molecule has 0 aliphatic carbocycles. The maximum absolute atomic E-state index is 12.5. The number of benzene rings is 1. The highest BCUT2D eigenvalue weighted by atomic mass is 32.2. The van der Waals surface area contributed by atoms with Crippen LogP contribution in [0, 0.1) is 5.92 Å². The minimum atomic E-state index is -3.32. The van der Waals surface area contributed by atoms with Crippen molar-refractivity contribution in [2.24, 2.45) is 11.7 Å². The number of nitrogens with zero attached hydrogens (tertiary/aromatic N) is 1. The van der Waals surface area contributed by atoms with Crippen LogP contribution in [0.4, 0.5) is 0 Å². The molecule has 1 rings (SSSR count). The van der Waals surface area contributed by atoms with Gasteiger partial charge in [-0.3, -0.25) is 0 Å². The topological polar surface area (TPSA) is 63.4 Å². The average molecular weight is 329 g/mol. The predicted octanol–water partition coefficient (Wildman–Crippen LogP) is 2.52. The molecule has 4 nitrogen and oxygen atoms in total. The summed E-state index contributed by atoms with van der Waals surface area (Å²) in [4.78, 5) is 0.279. The van der Waals surface area contributed by atoms with E-state index in [1.54, 1.807) is 28.6 Å². The van der Waals surface area contributed by atoms with Crippen LogP contribution in [0.25, 0.3) is 0 Å². The standard InChI is InChI=1S/C15H24N2O2S2/c1-4-12(3)10-17(5-2)21(18,19)11-13-7-6-8-14(9-13)15(16)20/h6-9,12H,4-5,10-11H2,1-3H3,(H2,16,20). The normalized spacial score (nSPS) is 13.3. The molecular weight excluding hydrogens is 304 g/mol. The van der Waals surface area contributed by atoms with Crippen LogP contribution in [-0.4, -0.2) is 30.8 Å². The highest BCUT2D eigenvalue weighted by Gasteiger charge is 2.22. The van der Waals surface area contributed by atoms with Gasteiger partial charge in [0.05, 0.1) is 5.75 Å². The molecule has 2 N–H and O–H groups in total. The number of thiocarbonyl (C=S) groups is 1. The molecule has 0 fully saturated rings. The van der Waals surface area contributed by atoms with E-state index in [1.807, 2.05) is 6.92 Å². The molecule has 1 unspecified atom stereocenters. The highest BCUT2D eigenvalue weighted by Crippen LogP contribution is 2.15. The van der Waals surface area contributed by atoms with Crippen LogP contribution in [0.2, 0.25) is 0 Å². The quantitative estimate of drug-likeness (QED) is 0.745. The fraction of sp³-hybridized carbons (Fsp3) is 0.533. The monoisotopic (exact) mass is 328 g/mol. The first-order valence-corrected chi connectivity index (χ1v) is 9.18. The molecule has 0 radical (unpaired) electrons. The van der Waals surface area contributed by atoms with E-state index >= 15 is 0 Å². The second kappa shape index (κ2) is 7.87. The van der Waals surface area contributed by atoms with Crippen molar-refractivity contribution in [2.75, 3.05) is 13.1 Å². The van der Waals surface area contributed by atoms with Gasteiger partial charge in [0.2, 0.25) is 10.0 Å². The lowest BCUT2D eigenvalue weighted by molar-refractivity contribution is 0.361. The van der Waals surface area contributed by atoms with Crippen molar-refractivity contribution in [3.05, 3.63) is 35.4 Å². The van der Waals surface area contributed by atoms with E-state index in [1.165, 1.54) is 0 Å². The number of sulfonamides is 1. The highest BCUT2D eigenvalue weighted by molar-refractivity contribution is 7.88. The van der Waals surface area contributed by atoms with Gasteiger partial charge in [-0.05, 0) is 17.5 Å². The molecule has 6 heteroatoms. The zero-order valence-electron chi connectivity index (χ0n) is 12.9. The molecule has 0 saturated carbocycles. The van der Waals surface area contributed by atoms with Crippen LogP contribution >= 0.6 is 12.2 Å². The molecule has 0 spiro atoms. The van der Waals surface area contributed by atoms with Crippen LogP contribution in [-0.2, 0) is 15.8 Å². The molecule has 118 valence electrons. The summed E-state index contributed by atoms with van der Waals surface area (Å²) < 4.78 is 26.6. The Morgan fingerprint density at radius 2 is 2.05 bits per heavy atom. The smallest absolute Gasteiger partial charge is 0.218 e. The Morgan fingerprint density at radius 1 is 1.38 bits per heavy atom. The fourth-order valence-electron chi connectivity index (χ4n) is 2.03. The lowest BCUT2D eigenvalue weighted by Crippen LogP contribution is -2.35. The summed E-state index contributed by atoms with van der Waals surface area (Å²) in [6.45, 7) is 7.04. The summed E-state index contributed by atoms with van der Waals surface area (Å²) >= 11 is 4.93. The van der Waals surface area contributed by atoms with Gasteiger partial charge in [0.1, 0.15) is 4.99 Å². The SMILES string of the molecule is CCC(C)CN(CC)S(=O)(=O)Cc1cccc(C(N)=S)c1. The molecule has 0 aromatic heterocycles. The van der Waals surface area contributed by atoms with Gasteiger partial charge in [-0.2, -0.15) is 0 Å². The molecule has 0 saturated heterocycles. The Labute approximate surface area is 133 Å². The molecule has 1 aromatic carbocycles. The molecule has 21 heavy (non-hydrogen) atoms. The van der Waals surface area contributed by atoms with E-state index in [0.29, 0.717) is 30.1 Å². The zero-order valence-corrected chi connectivity index (χ0v) is 14.5. The molecule has 0 amide bonds. The Hall–Kier alpha value is -0.980. The van der Waals surface area contributed by atoms with Gasteiger partial charge < -0.3 is 5.73 Å². The Bertz CT molecular complexity index is 585. The second-order valence-corrected chi connectivity index (χ2v) is 7.69. The molecule has 0 aliphatic rings. The number of rotatable bonds is 8. The maximum atomic E-state index is 12.5. The summed E-state index contributed by atoms with van der Waals surface area (Å²) in [6.07, 6.45) is 0.961. The van der Waals surface area contributed by atoms with Crippen molar-refractivity contribution in [1.82, 2.24) is 4.31 Å². The molecule has 0 bridgehead atoms. The molecule has 1 aromatic rings. The van der Waals surface area contributed by atoms with Gasteiger partial charge in [0, 0.05) is 18.7 Å². The molecule has 0 aliphatic heterocycles. The van der Waals surface area contributed by atoms with Crippen molar-refractivity contribution in [1.29, 1.82) is 0 Å². The predicted molar refractivity (Wildman–Crippen MR) is 91.7 cm³/mol. The molecular formula is C15H24N2O2S2. The van der Waals surface area contributed by atoms with Gasteiger partial charge in [0.25, 0.3) is 0 Å². The lowest BCUT2D eigenvalue weighted by atomic mass is 10.1. The van der Waals surface area contributed by atoms with E-state index in [9.17, 15) is 8.42 Å². The third kappa shape index (κ3) is 5.37. The van der Waals surface area contributed by atoms with Gasteiger partial charge in [-0.25, -0.2) is 12.7 Å². The van der Waals surface area contributed by atoms with Crippen LogP contribution in [0.15, 0.2) is 24.3 Å². The van der Waals surface area contributed by atoms with Crippen LogP contribution in [0.3, 0.4) is 0 Å². The van der Waals surface area contributed by atoms with Crippen molar-refractivity contribution < 1.29 is 8.42 Å². The van der Waals surface area contributed by atoms with Gasteiger partial charge >= 0.3 is 0 Å². The largest absolute Gasteiger partial charge is 0.389 e. The lowest BCUT2D eigenvalue weighted by Gasteiger charge is -2.23. The molecule has 1 atom stereocenters. The van der Waals surface area contributed by atoms with Gasteiger partial charge in [-0.15, -0.1) is 0 Å². The first kappa shape index (κ1) is 18.1. The first-order chi connectivity index (χ1) is 9.80. The summed E-state index contributed by atoms with van der Waals surface area (Å²) in [5.74, 6) is 0.330. The van der Waals surface area contributed by atoms with E-state index in [0.717, 1.165) is 6.42 Å². The Morgan fingerprint density at radius 3 is 2.57 bits per heavy atom. The van der Waals surface area contributed by atoms with Gasteiger partial charge in [0.15, 0.2) is 0 Å². The van der Waals surface area contributed by atoms with E-state index in [4.69, 9.17) is 18.0 Å².